The number of nitrogens with zero attached hydrogens (tertiary/aromatic N) is 1. The summed E-state index contributed by atoms with van der Waals surface area (Å²) in [6.07, 6.45) is 0. The highest BCUT2D eigenvalue weighted by atomic mass is 35.5. The second kappa shape index (κ2) is 6.34. The van der Waals surface area contributed by atoms with Crippen molar-refractivity contribution < 1.29 is 19.4 Å². The fraction of sp³-hybridized carbons (Fsp3) is 0.250. The number of amides is 1. The number of nitrogens with one attached hydrogen (secondary N) is 1. The number of hydrogen-bond acceptors (Lipinski definition) is 3. The molecule has 122 valence electrons. The first-order valence-electron chi connectivity index (χ1n) is 6.81. The number of carboxylic acids is 1. The third-order valence-corrected chi connectivity index (χ3v) is 4.10. The maximum atomic E-state index is 11.9. The van der Waals surface area contributed by atoms with Crippen LogP contribution in [0.4, 0.5) is 0 Å². The topological polar surface area (TPSA) is 80.6 Å². The Kier molecular flexibility index (Phi) is 4.65. The Labute approximate surface area is 138 Å². The molecule has 1 amide bonds. The first kappa shape index (κ1) is 16.9. The molecule has 1 aromatic heterocycles. The second-order valence-electron chi connectivity index (χ2n) is 5.00. The molecule has 0 aliphatic rings. The van der Waals surface area contributed by atoms with Crippen molar-refractivity contribution >= 4 is 23.5 Å². The quantitative estimate of drug-likeness (QED) is 0.899. The zero-order valence-corrected chi connectivity index (χ0v) is 14.0. The molecule has 6 nitrogen and oxygen atoms in total. The number of hydrogen-bond donors (Lipinski definition) is 2. The van der Waals surface area contributed by atoms with Gasteiger partial charge in [0.2, 0.25) is 0 Å². The Morgan fingerprint density at radius 3 is 2.43 bits per heavy atom. The Bertz CT molecular complexity index is 796. The Hall–Kier alpha value is -2.47. The van der Waals surface area contributed by atoms with Gasteiger partial charge in [0.1, 0.15) is 5.75 Å². The van der Waals surface area contributed by atoms with E-state index in [0.29, 0.717) is 21.8 Å². The van der Waals surface area contributed by atoms with Crippen LogP contribution in [0.15, 0.2) is 18.2 Å². The number of carbonyl (C=O) groups is 2. The minimum Gasteiger partial charge on any atom is -0.495 e. The molecule has 2 aromatic rings. The Morgan fingerprint density at radius 2 is 1.91 bits per heavy atom. The molecular weight excluding hydrogens is 320 g/mol. The molecule has 2 N–H and O–H groups in total. The van der Waals surface area contributed by atoms with E-state index in [0.717, 1.165) is 5.69 Å². The Morgan fingerprint density at radius 1 is 1.26 bits per heavy atom. The molecule has 0 fully saturated rings. The van der Waals surface area contributed by atoms with Gasteiger partial charge < -0.3 is 19.7 Å². The molecule has 0 atom stereocenters. The summed E-state index contributed by atoms with van der Waals surface area (Å²) in [5.41, 5.74) is 2.26. The molecular formula is C16H17ClN2O4. The zero-order chi connectivity index (χ0) is 17.3. The molecule has 1 aromatic carbocycles. The van der Waals surface area contributed by atoms with E-state index in [4.69, 9.17) is 16.3 Å². The summed E-state index contributed by atoms with van der Waals surface area (Å²) in [6.45, 7) is 1.79. The van der Waals surface area contributed by atoms with Crippen molar-refractivity contribution in [2.75, 3.05) is 14.2 Å². The molecule has 0 spiro atoms. The molecule has 23 heavy (non-hydrogen) atoms. The standard InChI is InChI=1S/C16H17ClN2O4/c1-8-9(15(20)18-2)6-13(19(8)3)10-5-12(17)14(23-4)7-11(10)16(21)22/h5-7H,1-4H3,(H,18,20)(H,21,22). The summed E-state index contributed by atoms with van der Waals surface area (Å²) in [6, 6.07) is 4.56. The van der Waals surface area contributed by atoms with Gasteiger partial charge in [-0.15, -0.1) is 0 Å². The van der Waals surface area contributed by atoms with Crippen molar-refractivity contribution in [3.8, 4) is 17.0 Å². The minimum atomic E-state index is -1.10. The minimum absolute atomic E-state index is 0.0512. The van der Waals surface area contributed by atoms with E-state index in [1.54, 1.807) is 31.7 Å². The van der Waals surface area contributed by atoms with E-state index in [9.17, 15) is 14.7 Å². The van der Waals surface area contributed by atoms with Gasteiger partial charge in [0, 0.05) is 31.0 Å². The van der Waals surface area contributed by atoms with E-state index in [-0.39, 0.29) is 17.2 Å². The lowest BCUT2D eigenvalue weighted by molar-refractivity contribution is 0.0697. The largest absolute Gasteiger partial charge is 0.495 e. The second-order valence-corrected chi connectivity index (χ2v) is 5.41. The summed E-state index contributed by atoms with van der Waals surface area (Å²) < 4.78 is 6.83. The van der Waals surface area contributed by atoms with E-state index in [2.05, 4.69) is 5.32 Å². The van der Waals surface area contributed by atoms with Crippen molar-refractivity contribution in [3.05, 3.63) is 40.0 Å². The van der Waals surface area contributed by atoms with E-state index >= 15 is 0 Å². The first-order valence-corrected chi connectivity index (χ1v) is 7.19. The summed E-state index contributed by atoms with van der Waals surface area (Å²) in [5.74, 6) is -1.05. The van der Waals surface area contributed by atoms with Gasteiger partial charge >= 0.3 is 5.97 Å². The fourth-order valence-corrected chi connectivity index (χ4v) is 2.66. The average Bonchev–Trinajstić information content (AvgIpc) is 2.82. The lowest BCUT2D eigenvalue weighted by Gasteiger charge is -2.12. The highest BCUT2D eigenvalue weighted by Gasteiger charge is 2.21. The van der Waals surface area contributed by atoms with Gasteiger partial charge in [0.05, 0.1) is 23.3 Å². The normalized spacial score (nSPS) is 10.5. The summed E-state index contributed by atoms with van der Waals surface area (Å²) >= 11 is 6.14. The van der Waals surface area contributed by atoms with Gasteiger partial charge in [-0.25, -0.2) is 4.79 Å². The molecule has 0 saturated carbocycles. The molecule has 0 radical (unpaired) electrons. The van der Waals surface area contributed by atoms with Crippen LogP contribution in [0.1, 0.15) is 26.4 Å². The maximum absolute atomic E-state index is 11.9. The third-order valence-electron chi connectivity index (χ3n) is 3.81. The number of halogens is 1. The lowest BCUT2D eigenvalue weighted by atomic mass is 10.0. The van der Waals surface area contributed by atoms with Crippen LogP contribution in [0.2, 0.25) is 5.02 Å². The van der Waals surface area contributed by atoms with Gasteiger partial charge in [0.25, 0.3) is 5.91 Å². The number of ether oxygens (including phenoxy) is 1. The molecule has 7 heteroatoms. The van der Waals surface area contributed by atoms with Crippen molar-refractivity contribution in [3.63, 3.8) is 0 Å². The lowest BCUT2D eigenvalue weighted by Crippen LogP contribution is -2.18. The van der Waals surface area contributed by atoms with Crippen LogP contribution in [-0.4, -0.2) is 35.7 Å². The highest BCUT2D eigenvalue weighted by Crippen LogP contribution is 2.35. The molecule has 0 aliphatic heterocycles. The number of rotatable bonds is 4. The van der Waals surface area contributed by atoms with E-state index in [1.807, 2.05) is 0 Å². The first-order chi connectivity index (χ1) is 10.8. The number of carboxylic acid groups (broad SMARTS) is 1. The van der Waals surface area contributed by atoms with Crippen LogP contribution in [0.25, 0.3) is 11.3 Å². The predicted octanol–water partition coefficient (Wildman–Crippen LogP) is 2.72. The van der Waals surface area contributed by atoms with Crippen molar-refractivity contribution in [2.45, 2.75) is 6.92 Å². The van der Waals surface area contributed by atoms with Gasteiger partial charge in [-0.2, -0.15) is 0 Å². The number of benzene rings is 1. The predicted molar refractivity (Wildman–Crippen MR) is 87.5 cm³/mol. The highest BCUT2D eigenvalue weighted by molar-refractivity contribution is 6.32. The number of aromatic nitrogens is 1. The van der Waals surface area contributed by atoms with Crippen molar-refractivity contribution in [1.29, 1.82) is 0 Å². The maximum Gasteiger partial charge on any atom is 0.336 e. The molecule has 0 unspecified atom stereocenters. The molecule has 0 aliphatic carbocycles. The Balaban J connectivity index is 2.74. The van der Waals surface area contributed by atoms with Gasteiger partial charge in [-0.3, -0.25) is 4.79 Å². The van der Waals surface area contributed by atoms with E-state index in [1.165, 1.54) is 19.2 Å². The number of methoxy groups -OCH3 is 1. The number of aromatic carboxylic acids is 1. The monoisotopic (exact) mass is 336 g/mol. The smallest absolute Gasteiger partial charge is 0.336 e. The van der Waals surface area contributed by atoms with E-state index < -0.39 is 5.97 Å². The van der Waals surface area contributed by atoms with Crippen LogP contribution < -0.4 is 10.1 Å². The zero-order valence-electron chi connectivity index (χ0n) is 13.2. The molecule has 0 bridgehead atoms. The fourth-order valence-electron chi connectivity index (χ4n) is 2.42. The summed E-state index contributed by atoms with van der Waals surface area (Å²) in [4.78, 5) is 23.5. The molecule has 0 saturated heterocycles. The molecule has 2 rings (SSSR count). The number of carbonyl (C=O) groups excluding carboxylic acids is 1. The van der Waals surface area contributed by atoms with Crippen LogP contribution >= 0.6 is 11.6 Å². The molecule has 1 heterocycles. The van der Waals surface area contributed by atoms with Gasteiger partial charge in [0.15, 0.2) is 0 Å². The van der Waals surface area contributed by atoms with Gasteiger partial charge in [-0.05, 0) is 25.1 Å². The third kappa shape index (κ3) is 2.90. The van der Waals surface area contributed by atoms with Crippen molar-refractivity contribution in [2.24, 2.45) is 7.05 Å². The SMILES string of the molecule is CNC(=O)c1cc(-c2cc(Cl)c(OC)cc2C(=O)O)n(C)c1C. The van der Waals surface area contributed by atoms with Crippen LogP contribution in [-0.2, 0) is 7.05 Å². The van der Waals surface area contributed by atoms with Crippen LogP contribution in [0.5, 0.6) is 5.75 Å². The average molecular weight is 337 g/mol. The van der Waals surface area contributed by atoms with Crippen LogP contribution in [0, 0.1) is 6.92 Å². The van der Waals surface area contributed by atoms with Gasteiger partial charge in [-0.1, -0.05) is 11.6 Å². The summed E-state index contributed by atoms with van der Waals surface area (Å²) in [7, 11) is 4.73. The summed E-state index contributed by atoms with van der Waals surface area (Å²) in [5, 5.41) is 12.3. The van der Waals surface area contributed by atoms with Crippen molar-refractivity contribution in [1.82, 2.24) is 9.88 Å². The van der Waals surface area contributed by atoms with Crippen LogP contribution in [0.3, 0.4) is 0 Å².